The summed E-state index contributed by atoms with van der Waals surface area (Å²) in [6.07, 6.45) is 0.658. The van der Waals surface area contributed by atoms with Crippen molar-refractivity contribution in [2.75, 3.05) is 13.2 Å². The molecule has 0 saturated carbocycles. The summed E-state index contributed by atoms with van der Waals surface area (Å²) in [6, 6.07) is 5.02. The van der Waals surface area contributed by atoms with Crippen LogP contribution in [0.15, 0.2) is 70.5 Å². The molecule has 0 unspecified atom stereocenters. The monoisotopic (exact) mass is 534 g/mol. The maximum absolute atomic E-state index is 13.8. The molecule has 0 bridgehead atoms. The van der Waals surface area contributed by atoms with E-state index in [2.05, 4.69) is 15.7 Å². The van der Waals surface area contributed by atoms with Crippen LogP contribution in [0.5, 0.6) is 0 Å². The molecule has 0 radical (unpaired) electrons. The third kappa shape index (κ3) is 7.01. The molecular formula is C25H29F3N6O4. The minimum absolute atomic E-state index is 0.00671. The lowest BCUT2D eigenvalue weighted by atomic mass is 10.0. The van der Waals surface area contributed by atoms with Crippen LogP contribution in [0, 0.1) is 5.41 Å². The highest BCUT2D eigenvalue weighted by Gasteiger charge is 2.39. The first-order valence-corrected chi connectivity index (χ1v) is 11.5. The van der Waals surface area contributed by atoms with E-state index in [1.54, 1.807) is 6.92 Å². The molecule has 13 heteroatoms. The van der Waals surface area contributed by atoms with Crippen molar-refractivity contribution in [3.63, 3.8) is 0 Å². The van der Waals surface area contributed by atoms with E-state index in [1.807, 2.05) is 0 Å². The number of carbonyl (C=O) groups excluding carboxylic acids is 1. The molecule has 1 aromatic carbocycles. The fourth-order valence-electron chi connectivity index (χ4n) is 3.59. The van der Waals surface area contributed by atoms with Gasteiger partial charge in [0.15, 0.2) is 23.1 Å². The number of benzene rings is 1. The number of aliphatic hydroxyl groups is 1. The number of hydrazine groups is 1. The molecule has 1 amide bonds. The van der Waals surface area contributed by atoms with Gasteiger partial charge in [-0.3, -0.25) is 10.2 Å². The second-order valence-electron chi connectivity index (χ2n) is 8.72. The smallest absolute Gasteiger partial charge is 0.417 e. The predicted octanol–water partition coefficient (Wildman–Crippen LogP) is 3.11. The Labute approximate surface area is 217 Å². The number of rotatable bonds is 10. The molecule has 6 N–H and O–H groups in total. The fraction of sp³-hybridized carbons (Fsp3) is 0.320. The zero-order valence-corrected chi connectivity index (χ0v) is 21.0. The molecule has 204 valence electrons. The Bertz CT molecular complexity index is 1240. The highest BCUT2D eigenvalue weighted by atomic mass is 19.4. The average Bonchev–Trinajstić information content (AvgIpc) is 3.17. The van der Waals surface area contributed by atoms with Crippen LogP contribution < -0.4 is 16.5 Å². The molecule has 3 rings (SSSR count). The second kappa shape index (κ2) is 11.5. The van der Waals surface area contributed by atoms with Crippen molar-refractivity contribution in [2.24, 2.45) is 10.7 Å². The number of ether oxygens (including phenoxy) is 2. The number of halogens is 3. The minimum atomic E-state index is -4.63. The van der Waals surface area contributed by atoms with Crippen molar-refractivity contribution in [1.29, 1.82) is 5.41 Å². The average molecular weight is 535 g/mol. The van der Waals surface area contributed by atoms with Gasteiger partial charge in [-0.05, 0) is 39.0 Å². The maximum atomic E-state index is 13.8. The van der Waals surface area contributed by atoms with E-state index in [0.717, 1.165) is 12.3 Å². The summed E-state index contributed by atoms with van der Waals surface area (Å²) >= 11 is 0. The number of aliphatic imine (C=N–C) groups is 1. The van der Waals surface area contributed by atoms with Crippen molar-refractivity contribution in [1.82, 2.24) is 15.8 Å². The topological polar surface area (TPSA) is 145 Å². The standard InChI is InChI=1S/C25H29F3N6O4/c1-15-21(23(35)32-20(30)10-6-11-29)34-22(31-15)19(37-12-7-13-38-24(2,3)36)14-18(33-34)16-8-4-5-9-17(16)25(26,27)28/h4-6,8-11,14,29,31,33,36H,7,12-13H2,1-3H3,(H2,30,32,35)/b10-6-,29-11?. The lowest BCUT2D eigenvalue weighted by Crippen LogP contribution is -2.40. The number of carbonyl (C=O) groups is 1. The Hall–Kier alpha value is -4.10. The van der Waals surface area contributed by atoms with Crippen molar-refractivity contribution in [3.8, 4) is 0 Å². The first kappa shape index (κ1) is 28.5. The molecule has 1 aromatic rings. The number of nitrogens with two attached hydrogens (primary N) is 1. The van der Waals surface area contributed by atoms with E-state index in [1.165, 1.54) is 55.3 Å². The largest absolute Gasteiger partial charge is 0.490 e. The van der Waals surface area contributed by atoms with Crippen molar-refractivity contribution < 1.29 is 32.5 Å². The predicted molar refractivity (Wildman–Crippen MR) is 135 cm³/mol. The van der Waals surface area contributed by atoms with E-state index in [9.17, 15) is 23.1 Å². The molecule has 0 spiro atoms. The van der Waals surface area contributed by atoms with Gasteiger partial charge in [0, 0.05) is 30.0 Å². The Morgan fingerprint density at radius 1 is 1.26 bits per heavy atom. The number of fused-ring (bicyclic) bond motifs is 1. The van der Waals surface area contributed by atoms with E-state index in [4.69, 9.17) is 20.6 Å². The Morgan fingerprint density at radius 3 is 2.63 bits per heavy atom. The number of hydrogen-bond donors (Lipinski definition) is 5. The zero-order valence-electron chi connectivity index (χ0n) is 21.0. The second-order valence-corrected chi connectivity index (χ2v) is 8.72. The summed E-state index contributed by atoms with van der Waals surface area (Å²) in [5.41, 5.74) is 7.96. The lowest BCUT2D eigenvalue weighted by molar-refractivity contribution is -0.177. The maximum Gasteiger partial charge on any atom is 0.417 e. The van der Waals surface area contributed by atoms with Gasteiger partial charge >= 0.3 is 6.18 Å². The number of amidine groups is 1. The SMILES string of the molecule is CC1=C(C(=O)N=C(N)/C=C\C=N)N2NC(c3ccccc3C(F)(F)F)=CC(OCCCOC(C)(C)O)=C2N1. The Balaban J connectivity index is 1.98. The molecule has 2 aliphatic rings. The Morgan fingerprint density at radius 2 is 1.97 bits per heavy atom. The van der Waals surface area contributed by atoms with Crippen molar-refractivity contribution in [3.05, 3.63) is 76.6 Å². The first-order valence-electron chi connectivity index (χ1n) is 11.5. The van der Waals surface area contributed by atoms with Crippen LogP contribution >= 0.6 is 0 Å². The number of hydrogen-bond acceptors (Lipinski definition) is 8. The number of nitrogens with zero attached hydrogens (tertiary/aromatic N) is 2. The van der Waals surface area contributed by atoms with E-state index < -0.39 is 23.4 Å². The van der Waals surface area contributed by atoms with Gasteiger partial charge in [0.2, 0.25) is 0 Å². The molecule has 0 atom stereocenters. The van der Waals surface area contributed by atoms with Crippen molar-refractivity contribution >= 4 is 23.7 Å². The number of allylic oxidation sites excluding steroid dienone is 3. The van der Waals surface area contributed by atoms with Crippen LogP contribution in [0.1, 0.15) is 38.3 Å². The van der Waals surface area contributed by atoms with Crippen LogP contribution in [-0.2, 0) is 20.4 Å². The quantitative estimate of drug-likeness (QED) is 0.133. The number of alkyl halides is 3. The number of amides is 1. The molecule has 0 fully saturated rings. The summed E-state index contributed by atoms with van der Waals surface area (Å²) in [5, 5.41) is 21.0. The molecule has 38 heavy (non-hydrogen) atoms. The lowest BCUT2D eigenvalue weighted by Gasteiger charge is -2.31. The van der Waals surface area contributed by atoms with Gasteiger partial charge in [0.25, 0.3) is 5.91 Å². The van der Waals surface area contributed by atoms with E-state index in [-0.39, 0.29) is 47.6 Å². The van der Waals surface area contributed by atoms with E-state index in [0.29, 0.717) is 12.1 Å². The normalized spacial score (nSPS) is 16.3. The Kier molecular flexibility index (Phi) is 8.63. The summed E-state index contributed by atoms with van der Waals surface area (Å²) in [4.78, 5) is 16.8. The zero-order chi connectivity index (χ0) is 28.1. The van der Waals surface area contributed by atoms with Gasteiger partial charge in [0.1, 0.15) is 5.84 Å². The van der Waals surface area contributed by atoms with Crippen LogP contribution in [0.25, 0.3) is 5.70 Å². The minimum Gasteiger partial charge on any atom is -0.490 e. The van der Waals surface area contributed by atoms with E-state index >= 15 is 0 Å². The van der Waals surface area contributed by atoms with Crippen LogP contribution in [0.3, 0.4) is 0 Å². The summed E-state index contributed by atoms with van der Waals surface area (Å²) in [7, 11) is 0. The molecule has 2 heterocycles. The van der Waals surface area contributed by atoms with Crippen LogP contribution in [0.2, 0.25) is 0 Å². The van der Waals surface area contributed by atoms with Gasteiger partial charge in [0.05, 0.1) is 24.5 Å². The third-order valence-electron chi connectivity index (χ3n) is 5.17. The van der Waals surface area contributed by atoms with Gasteiger partial charge < -0.3 is 31.0 Å². The third-order valence-corrected chi connectivity index (χ3v) is 5.17. The first-order chi connectivity index (χ1) is 17.8. The summed E-state index contributed by atoms with van der Waals surface area (Å²) in [6.45, 7) is 4.85. The molecule has 0 aromatic heterocycles. The molecule has 0 aliphatic carbocycles. The van der Waals surface area contributed by atoms with Gasteiger partial charge in [-0.1, -0.05) is 18.2 Å². The van der Waals surface area contributed by atoms with Crippen LogP contribution in [0.4, 0.5) is 13.2 Å². The summed E-state index contributed by atoms with van der Waals surface area (Å²) < 4.78 is 52.5. The van der Waals surface area contributed by atoms with Gasteiger partial charge in [-0.25, -0.2) is 5.01 Å². The van der Waals surface area contributed by atoms with Gasteiger partial charge in [-0.15, -0.1) is 0 Å². The highest BCUT2D eigenvalue weighted by molar-refractivity contribution is 6.07. The van der Waals surface area contributed by atoms with Crippen molar-refractivity contribution in [2.45, 2.75) is 39.2 Å². The fourth-order valence-corrected chi connectivity index (χ4v) is 3.59. The molecule has 0 saturated heterocycles. The van der Waals surface area contributed by atoms with Crippen LogP contribution in [-0.4, -0.2) is 47.1 Å². The van der Waals surface area contributed by atoms with Gasteiger partial charge in [-0.2, -0.15) is 18.2 Å². The highest BCUT2D eigenvalue weighted by Crippen LogP contribution is 2.37. The molecule has 2 aliphatic heterocycles. The molecule has 10 nitrogen and oxygen atoms in total. The summed E-state index contributed by atoms with van der Waals surface area (Å²) in [5.74, 6) is -1.81. The number of nitrogens with one attached hydrogen (secondary N) is 3. The molecular weight excluding hydrogens is 505 g/mol.